The number of aromatic nitrogens is 4. The summed E-state index contributed by atoms with van der Waals surface area (Å²) in [5.41, 5.74) is 1.15. The number of phenols is 1. The number of phenolic OH excluding ortho intramolecular Hbond substituents is 1. The van der Waals surface area contributed by atoms with Crippen LogP contribution < -0.4 is 10.1 Å². The number of aliphatic hydroxyl groups excluding tert-OH is 5. The third-order valence-electron chi connectivity index (χ3n) is 20.7. The number of rotatable bonds is 2. The normalized spacial score (nSPS) is 36.2. The average Bonchev–Trinajstić information content (AvgIpc) is 4.26. The number of nitrogens with zero attached hydrogens (tertiary/aromatic N) is 2. The Balaban J connectivity index is 1.06. The minimum atomic E-state index is -2.44. The number of fused-ring (bicyclic) bond motifs is 7. The van der Waals surface area contributed by atoms with Gasteiger partial charge in [0, 0.05) is 68.9 Å². The van der Waals surface area contributed by atoms with E-state index in [1.807, 2.05) is 6.20 Å². The van der Waals surface area contributed by atoms with Crippen molar-refractivity contribution in [2.45, 2.75) is 163 Å². The first kappa shape index (κ1) is 44.8. The molecule has 1 saturated heterocycles. The van der Waals surface area contributed by atoms with Gasteiger partial charge in [0.1, 0.15) is 29.5 Å². The summed E-state index contributed by atoms with van der Waals surface area (Å²) in [6.45, 7) is 1.74. The number of anilines is 1. The molecule has 5 aromatic rings. The van der Waals surface area contributed by atoms with E-state index in [-0.39, 0.29) is 51.6 Å². The quantitative estimate of drug-likeness (QED) is 0.0835. The highest BCUT2D eigenvalue weighted by Crippen LogP contribution is 2.74. The molecule has 16 rings (SSSR count). The Bertz CT molecular complexity index is 3330. The fourth-order valence-electron chi connectivity index (χ4n) is 17.7. The van der Waals surface area contributed by atoms with Crippen LogP contribution in [0.4, 0.5) is 5.82 Å². The Kier molecular flexibility index (Phi) is 9.07. The Hall–Kier alpha value is -5.68. The van der Waals surface area contributed by atoms with Crippen molar-refractivity contribution in [2.24, 2.45) is 16.2 Å². The minimum absolute atomic E-state index is 0.0121. The molecular weight excluding hydrogens is 927 g/mol. The number of imidazole rings is 1. The molecule has 5 fully saturated rings. The van der Waals surface area contributed by atoms with Crippen molar-refractivity contribution in [2.75, 3.05) is 11.9 Å². The molecule has 8 bridgehead atoms. The number of nitrogens with one attached hydrogen (secondary N) is 3. The van der Waals surface area contributed by atoms with Gasteiger partial charge in [-0.2, -0.15) is 0 Å². The maximum absolute atomic E-state index is 15.2. The molecule has 4 saturated carbocycles. The smallest absolute Gasteiger partial charge is 0.261 e. The van der Waals surface area contributed by atoms with E-state index >= 15 is 9.59 Å². The van der Waals surface area contributed by atoms with Gasteiger partial charge in [0.25, 0.3) is 5.79 Å². The second kappa shape index (κ2) is 14.8. The number of hydrogen-bond donors (Lipinski definition) is 9. The predicted molar refractivity (Wildman–Crippen MR) is 266 cm³/mol. The van der Waals surface area contributed by atoms with Crippen LogP contribution in [-0.2, 0) is 10.2 Å². The van der Waals surface area contributed by atoms with Gasteiger partial charge >= 0.3 is 0 Å². The second-order valence-electron chi connectivity index (χ2n) is 24.1. The van der Waals surface area contributed by atoms with Crippen molar-refractivity contribution in [3.63, 3.8) is 0 Å². The summed E-state index contributed by atoms with van der Waals surface area (Å²) in [7, 11) is 0. The molecule has 378 valence electrons. The molecule has 73 heavy (non-hydrogen) atoms. The van der Waals surface area contributed by atoms with E-state index in [4.69, 9.17) is 14.5 Å². The van der Waals surface area contributed by atoms with E-state index in [1.165, 1.54) is 6.07 Å². The molecule has 0 amide bonds. The fraction of sp³-hybridized carbons (Fsp3) is 0.517. The number of benzene rings is 2. The molecule has 10 atom stereocenters. The number of carbonyl (C=O) groups is 2. The van der Waals surface area contributed by atoms with Crippen LogP contribution >= 0.6 is 0 Å². The van der Waals surface area contributed by atoms with Gasteiger partial charge in [0.05, 0.1) is 35.1 Å². The largest absolute Gasteiger partial charge is 0.507 e. The number of carbonyl (C=O) groups excluding carboxylic acids is 2. The number of ether oxygens (including phenoxy) is 2. The second-order valence-corrected chi connectivity index (χ2v) is 24.1. The lowest BCUT2D eigenvalue weighted by Gasteiger charge is -2.64. The van der Waals surface area contributed by atoms with E-state index in [9.17, 15) is 30.6 Å². The Labute approximate surface area is 421 Å². The molecule has 4 aliphatic heterocycles. The minimum Gasteiger partial charge on any atom is -0.507 e. The van der Waals surface area contributed by atoms with Crippen molar-refractivity contribution >= 4 is 33.7 Å². The van der Waals surface area contributed by atoms with Crippen molar-refractivity contribution in [1.82, 2.24) is 19.9 Å². The number of ketones is 2. The number of aliphatic hydroxyl groups is 5. The van der Waals surface area contributed by atoms with Gasteiger partial charge in [-0.3, -0.25) is 9.59 Å². The number of aryl methyl sites for hydroxylation is 1. The first-order valence-electron chi connectivity index (χ1n) is 26.8. The highest BCUT2D eigenvalue weighted by Gasteiger charge is 2.76. The summed E-state index contributed by atoms with van der Waals surface area (Å²) in [4.78, 5) is 47.1. The van der Waals surface area contributed by atoms with Gasteiger partial charge in [-0.25, -0.2) is 9.97 Å². The third-order valence-corrected chi connectivity index (χ3v) is 20.7. The molecule has 7 heterocycles. The topological polar surface area (TPSA) is 243 Å². The molecule has 0 unspecified atom stereocenters. The van der Waals surface area contributed by atoms with Crippen LogP contribution in [0.2, 0.25) is 0 Å². The number of hydrogen-bond acceptors (Lipinski definition) is 13. The maximum atomic E-state index is 15.2. The molecule has 2 aromatic carbocycles. The lowest BCUT2D eigenvalue weighted by atomic mass is 9.51. The van der Waals surface area contributed by atoms with Crippen molar-refractivity contribution < 1.29 is 49.7 Å². The van der Waals surface area contributed by atoms with Gasteiger partial charge in [-0.15, -0.1) is 0 Å². The van der Waals surface area contributed by atoms with Crippen LogP contribution in [0.25, 0.3) is 16.3 Å². The predicted octanol–water partition coefficient (Wildman–Crippen LogP) is 7.20. The molecular formula is C58H61N5O10. The van der Waals surface area contributed by atoms with Crippen molar-refractivity contribution in [3.05, 3.63) is 117 Å². The molecule has 9 N–H and O–H groups in total. The SMILES string of the molecule is Cc1cc(O)c2c(c1)C(=O)c1c(c3cc4c(nccc14)NC[C@H](O)[C@@]14CCC[C@H]1c1cc(C5(c6cnc[nH]6)CCCCC5)[nH]c1C1=C[C@@]5(O3)O[C@@]3(C1=C4C[C@]1(CCC4(CCCC4)C1)[C@H]3O)[C@@H](O)[C@H](O)[C@H]5O)C2=O. The van der Waals surface area contributed by atoms with Crippen LogP contribution in [0.3, 0.4) is 0 Å². The number of aromatic amines is 2. The Morgan fingerprint density at radius 2 is 1.62 bits per heavy atom. The molecule has 15 heteroatoms. The molecule has 11 aliphatic rings. The average molecular weight is 988 g/mol. The van der Waals surface area contributed by atoms with Crippen LogP contribution in [0.1, 0.15) is 169 Å². The summed E-state index contributed by atoms with van der Waals surface area (Å²) in [5.74, 6) is -4.22. The number of pyridine rings is 1. The summed E-state index contributed by atoms with van der Waals surface area (Å²) in [6, 6.07) is 8.50. The van der Waals surface area contributed by atoms with Gasteiger partial charge in [0.2, 0.25) is 5.78 Å². The zero-order valence-corrected chi connectivity index (χ0v) is 40.9. The first-order chi connectivity index (χ1) is 35.2. The Morgan fingerprint density at radius 1 is 0.808 bits per heavy atom. The Morgan fingerprint density at radius 3 is 2.41 bits per heavy atom. The summed E-state index contributed by atoms with van der Waals surface area (Å²) in [5, 5.41) is 82.1. The number of H-pyrrole nitrogens is 2. The van der Waals surface area contributed by atoms with Crippen LogP contribution in [-0.4, -0.2) is 111 Å². The van der Waals surface area contributed by atoms with Crippen LogP contribution in [0, 0.1) is 23.2 Å². The standard InChI is InChI=1S/C58H61N5O10/c1-28-18-32-41(36(64)19-28)47(67)43-37-20-30-29(42(43)46(32)66)9-17-60-51(30)61-25-40(65)56-14-7-8-34(56)31-21-38(55(12-3-2-4-13-55)39-24-59-27-62-39)63-45(31)33-22-57(72-37)49(69)48(68)50(70)58(73-57)44(33)35(56)23-54(52(58)71)16-15-53(26-54)10-5-6-11-53/h9,17-22,24,27,34,40,48-50,52,63-65,68-71H,2-8,10-16,23,25-26H2,1H3,(H,59,62)(H,60,61)/t34-,40-,48+,49+,50-,52+,54-,56-,57+,58-/m0/s1. The van der Waals surface area contributed by atoms with E-state index in [0.29, 0.717) is 64.7 Å². The molecule has 3 aromatic heterocycles. The lowest BCUT2D eigenvalue weighted by Crippen LogP contribution is -2.78. The zero-order chi connectivity index (χ0) is 49.8. The van der Waals surface area contributed by atoms with Gasteiger partial charge in [-0.1, -0.05) is 44.1 Å². The van der Waals surface area contributed by atoms with Gasteiger partial charge in [0.15, 0.2) is 17.5 Å². The molecule has 15 nitrogen and oxygen atoms in total. The van der Waals surface area contributed by atoms with E-state index in [0.717, 1.165) is 99.6 Å². The van der Waals surface area contributed by atoms with E-state index in [2.05, 4.69) is 26.3 Å². The highest BCUT2D eigenvalue weighted by atomic mass is 16.7. The summed E-state index contributed by atoms with van der Waals surface area (Å²) >= 11 is 0. The fourth-order valence-corrected chi connectivity index (χ4v) is 17.7. The third kappa shape index (κ3) is 5.45. The highest BCUT2D eigenvalue weighted by molar-refractivity contribution is 6.34. The van der Waals surface area contributed by atoms with Crippen LogP contribution in [0.15, 0.2) is 66.3 Å². The number of aromatic hydroxyl groups is 1. The zero-order valence-electron chi connectivity index (χ0n) is 40.9. The summed E-state index contributed by atoms with van der Waals surface area (Å²) < 4.78 is 14.8. The first-order valence-corrected chi connectivity index (χ1v) is 26.8. The van der Waals surface area contributed by atoms with Crippen molar-refractivity contribution in [1.29, 1.82) is 0 Å². The van der Waals surface area contributed by atoms with Crippen LogP contribution in [0.5, 0.6) is 11.5 Å². The summed E-state index contributed by atoms with van der Waals surface area (Å²) in [6.07, 6.45) is 12.0. The lowest BCUT2D eigenvalue weighted by molar-refractivity contribution is -0.366. The monoisotopic (exact) mass is 987 g/mol. The van der Waals surface area contributed by atoms with Gasteiger partial charge in [-0.05, 0) is 141 Å². The molecule has 0 radical (unpaired) electrons. The van der Waals surface area contributed by atoms with E-state index < -0.39 is 69.7 Å². The molecule has 7 aliphatic carbocycles. The maximum Gasteiger partial charge on any atom is 0.261 e. The van der Waals surface area contributed by atoms with E-state index in [1.54, 1.807) is 43.7 Å². The molecule has 5 spiro atoms. The van der Waals surface area contributed by atoms with Gasteiger partial charge < -0.3 is 55.4 Å². The van der Waals surface area contributed by atoms with Crippen molar-refractivity contribution in [3.8, 4) is 11.5 Å².